The summed E-state index contributed by atoms with van der Waals surface area (Å²) in [6.45, 7) is 1.93. The maximum absolute atomic E-state index is 8.80. The minimum Gasteiger partial charge on any atom is -0.192 e. The average molecular weight is 192 g/mol. The first-order chi connectivity index (χ1) is 7.31. The van der Waals surface area contributed by atoms with Crippen LogP contribution < -0.4 is 0 Å². The minimum atomic E-state index is 0.620. The molecule has 15 heavy (non-hydrogen) atoms. The highest BCUT2D eigenvalue weighted by Gasteiger charge is 2.00. The molecule has 0 aliphatic carbocycles. The Balaban J connectivity index is 2.49. The average Bonchev–Trinajstić information content (AvgIpc) is 2.30. The molecular formula is C14H10N. The highest BCUT2D eigenvalue weighted by Crippen LogP contribution is 2.21. The molecule has 0 unspecified atom stereocenters. The third kappa shape index (κ3) is 1.89. The van der Waals surface area contributed by atoms with E-state index in [1.807, 2.05) is 37.3 Å². The van der Waals surface area contributed by atoms with E-state index < -0.39 is 0 Å². The zero-order valence-electron chi connectivity index (χ0n) is 8.49. The van der Waals surface area contributed by atoms with E-state index in [0.717, 1.165) is 16.7 Å². The van der Waals surface area contributed by atoms with Gasteiger partial charge in [-0.15, -0.1) is 0 Å². The second-order valence-corrected chi connectivity index (χ2v) is 3.42. The number of aryl methyl sites for hydroxylation is 1. The topological polar surface area (TPSA) is 23.8 Å². The van der Waals surface area contributed by atoms with Gasteiger partial charge in [0.05, 0.1) is 5.56 Å². The molecule has 71 valence electrons. The van der Waals surface area contributed by atoms with Crippen molar-refractivity contribution in [2.24, 2.45) is 0 Å². The fourth-order valence-corrected chi connectivity index (χ4v) is 1.53. The molecule has 1 nitrogen and oxygen atoms in total. The standard InChI is InChI=1S/C14H10N/c1-11-9-13(7-8-14(11)10-15)12-5-3-2-4-6-12/h2-7,9H,1H3. The van der Waals surface area contributed by atoms with Crippen molar-refractivity contribution in [3.8, 4) is 17.2 Å². The van der Waals surface area contributed by atoms with Crippen LogP contribution >= 0.6 is 0 Å². The van der Waals surface area contributed by atoms with Crippen molar-refractivity contribution in [1.82, 2.24) is 0 Å². The van der Waals surface area contributed by atoms with Crippen LogP contribution in [0.5, 0.6) is 0 Å². The summed E-state index contributed by atoms with van der Waals surface area (Å²) in [6.07, 6.45) is 0. The number of benzene rings is 2. The molecule has 0 aliphatic rings. The van der Waals surface area contributed by atoms with E-state index in [0.29, 0.717) is 5.56 Å². The van der Waals surface area contributed by atoms with Gasteiger partial charge >= 0.3 is 0 Å². The van der Waals surface area contributed by atoms with Crippen molar-refractivity contribution >= 4 is 0 Å². The third-order valence-electron chi connectivity index (χ3n) is 2.36. The molecule has 2 aromatic rings. The van der Waals surface area contributed by atoms with Gasteiger partial charge in [-0.3, -0.25) is 0 Å². The highest BCUT2D eigenvalue weighted by atomic mass is 14.2. The van der Waals surface area contributed by atoms with Gasteiger partial charge in [0.25, 0.3) is 0 Å². The number of rotatable bonds is 1. The summed E-state index contributed by atoms with van der Waals surface area (Å²) in [6, 6.07) is 19.1. The number of nitriles is 1. The van der Waals surface area contributed by atoms with Gasteiger partial charge in [-0.1, -0.05) is 36.4 Å². The number of hydrogen-bond acceptors (Lipinski definition) is 1. The first-order valence-electron chi connectivity index (χ1n) is 4.79. The predicted molar refractivity (Wildman–Crippen MR) is 60.2 cm³/mol. The summed E-state index contributed by atoms with van der Waals surface area (Å²) in [5.41, 5.74) is 3.85. The molecule has 1 heteroatoms. The number of hydrogen-bond donors (Lipinski definition) is 0. The molecule has 2 aromatic carbocycles. The molecule has 0 heterocycles. The molecule has 1 radical (unpaired) electrons. The Morgan fingerprint density at radius 1 is 1.13 bits per heavy atom. The van der Waals surface area contributed by atoms with Crippen LogP contribution in [0.4, 0.5) is 0 Å². The second kappa shape index (κ2) is 3.98. The van der Waals surface area contributed by atoms with E-state index in [1.165, 1.54) is 0 Å². The molecule has 0 aromatic heterocycles. The van der Waals surface area contributed by atoms with Crippen LogP contribution in [0, 0.1) is 24.3 Å². The van der Waals surface area contributed by atoms with Gasteiger partial charge < -0.3 is 0 Å². The summed E-state index contributed by atoms with van der Waals surface area (Å²) in [5, 5.41) is 8.80. The molecule has 0 spiro atoms. The lowest BCUT2D eigenvalue weighted by Gasteiger charge is -2.03. The SMILES string of the molecule is Cc1cc(-c2ccccc2)c[c]c1C#N. The molecule has 0 saturated carbocycles. The summed E-state index contributed by atoms with van der Waals surface area (Å²) in [4.78, 5) is 0. The Labute approximate surface area is 89.6 Å². The van der Waals surface area contributed by atoms with Gasteiger partial charge in [0.1, 0.15) is 6.07 Å². The van der Waals surface area contributed by atoms with Crippen molar-refractivity contribution < 1.29 is 0 Å². The lowest BCUT2D eigenvalue weighted by molar-refractivity contribution is 1.39. The number of nitrogens with zero attached hydrogens (tertiary/aromatic N) is 1. The van der Waals surface area contributed by atoms with Crippen LogP contribution in [0.1, 0.15) is 11.1 Å². The van der Waals surface area contributed by atoms with E-state index in [1.54, 1.807) is 0 Å². The summed E-state index contributed by atoms with van der Waals surface area (Å²) >= 11 is 0. The zero-order chi connectivity index (χ0) is 10.7. The lowest BCUT2D eigenvalue weighted by atomic mass is 10.0. The van der Waals surface area contributed by atoms with Crippen molar-refractivity contribution in [2.45, 2.75) is 6.92 Å². The van der Waals surface area contributed by atoms with Gasteiger partial charge in [-0.2, -0.15) is 5.26 Å². The van der Waals surface area contributed by atoms with E-state index in [2.05, 4.69) is 24.3 Å². The third-order valence-corrected chi connectivity index (χ3v) is 2.36. The van der Waals surface area contributed by atoms with Crippen LogP contribution in [0.25, 0.3) is 11.1 Å². The lowest BCUT2D eigenvalue weighted by Crippen LogP contribution is -1.84. The largest absolute Gasteiger partial charge is 0.192 e. The fraction of sp³-hybridized carbons (Fsp3) is 0.0714. The van der Waals surface area contributed by atoms with Crippen LogP contribution in [-0.4, -0.2) is 0 Å². The molecule has 0 aliphatic heterocycles. The normalized spacial score (nSPS) is 9.60. The van der Waals surface area contributed by atoms with Gasteiger partial charge in [0.15, 0.2) is 0 Å². The molecule has 0 bridgehead atoms. The van der Waals surface area contributed by atoms with E-state index >= 15 is 0 Å². The molecular weight excluding hydrogens is 182 g/mol. The Bertz CT molecular complexity index is 507. The van der Waals surface area contributed by atoms with Crippen molar-refractivity contribution in [3.63, 3.8) is 0 Å². The van der Waals surface area contributed by atoms with Crippen LogP contribution in [0.3, 0.4) is 0 Å². The predicted octanol–water partition coefficient (Wildman–Crippen LogP) is 3.33. The first kappa shape index (κ1) is 9.48. The van der Waals surface area contributed by atoms with Gasteiger partial charge in [0, 0.05) is 6.07 Å². The maximum atomic E-state index is 8.80. The van der Waals surface area contributed by atoms with Crippen molar-refractivity contribution in [2.75, 3.05) is 0 Å². The zero-order valence-corrected chi connectivity index (χ0v) is 8.49. The maximum Gasteiger partial charge on any atom is 0.100 e. The van der Waals surface area contributed by atoms with Gasteiger partial charge in [-0.05, 0) is 29.7 Å². The van der Waals surface area contributed by atoms with Gasteiger partial charge in [-0.25, -0.2) is 0 Å². The Kier molecular flexibility index (Phi) is 2.51. The summed E-state index contributed by atoms with van der Waals surface area (Å²) < 4.78 is 0. The highest BCUT2D eigenvalue weighted by molar-refractivity contribution is 5.65. The van der Waals surface area contributed by atoms with Crippen LogP contribution in [-0.2, 0) is 0 Å². The fourth-order valence-electron chi connectivity index (χ4n) is 1.53. The molecule has 0 fully saturated rings. The molecule has 0 amide bonds. The molecule has 0 saturated heterocycles. The van der Waals surface area contributed by atoms with E-state index in [4.69, 9.17) is 5.26 Å². The van der Waals surface area contributed by atoms with E-state index in [9.17, 15) is 0 Å². The minimum absolute atomic E-state index is 0.620. The van der Waals surface area contributed by atoms with Crippen molar-refractivity contribution in [3.05, 3.63) is 59.7 Å². The monoisotopic (exact) mass is 192 g/mol. The van der Waals surface area contributed by atoms with Crippen molar-refractivity contribution in [1.29, 1.82) is 5.26 Å². The Morgan fingerprint density at radius 3 is 2.47 bits per heavy atom. The molecule has 2 rings (SSSR count). The van der Waals surface area contributed by atoms with Gasteiger partial charge in [0.2, 0.25) is 0 Å². The molecule has 0 N–H and O–H groups in total. The summed E-state index contributed by atoms with van der Waals surface area (Å²) in [7, 11) is 0. The molecule has 0 atom stereocenters. The smallest absolute Gasteiger partial charge is 0.100 e. The second-order valence-electron chi connectivity index (χ2n) is 3.42. The van der Waals surface area contributed by atoms with E-state index in [-0.39, 0.29) is 0 Å². The van der Waals surface area contributed by atoms with Crippen LogP contribution in [0.15, 0.2) is 42.5 Å². The van der Waals surface area contributed by atoms with Crippen LogP contribution in [0.2, 0.25) is 0 Å². The Hall–Kier alpha value is -2.07. The summed E-state index contributed by atoms with van der Waals surface area (Å²) in [5.74, 6) is 0. The Morgan fingerprint density at radius 2 is 1.87 bits per heavy atom. The quantitative estimate of drug-likeness (QED) is 0.679. The first-order valence-corrected chi connectivity index (χ1v) is 4.79.